The molecule has 0 unspecified atom stereocenters. The molecule has 1 aromatic heterocycles. The smallest absolute Gasteiger partial charge is 0.264 e. The van der Waals surface area contributed by atoms with Gasteiger partial charge in [0.25, 0.3) is 5.95 Å². The van der Waals surface area contributed by atoms with Crippen LogP contribution in [0.2, 0.25) is 10.0 Å². The first-order valence-electron chi connectivity index (χ1n) is 9.04. The minimum atomic E-state index is -0.286. The summed E-state index contributed by atoms with van der Waals surface area (Å²) >= 11 is 13.1. The number of benzene rings is 2. The maximum Gasteiger partial charge on any atom is 0.264 e. The highest BCUT2D eigenvalue weighted by molar-refractivity contribution is 7.99. The van der Waals surface area contributed by atoms with Crippen LogP contribution in [-0.2, 0) is 4.79 Å². The van der Waals surface area contributed by atoms with Gasteiger partial charge in [-0.15, -0.1) is 10.2 Å². The van der Waals surface area contributed by atoms with Gasteiger partial charge in [0.15, 0.2) is 0 Å². The molecule has 1 heterocycles. The number of nitrogen functional groups attached to an aromatic ring is 1. The third kappa shape index (κ3) is 6.74. The molecule has 11 heteroatoms. The highest BCUT2D eigenvalue weighted by Crippen LogP contribution is 2.26. The number of carbonyl (C=O) groups excluding carboxylic acids is 1. The topological polar surface area (TPSA) is 110 Å². The van der Waals surface area contributed by atoms with Gasteiger partial charge in [0.2, 0.25) is 11.1 Å². The van der Waals surface area contributed by atoms with Crippen LogP contribution in [0.4, 0.5) is 11.6 Å². The van der Waals surface area contributed by atoms with E-state index in [9.17, 15) is 4.79 Å². The summed E-state index contributed by atoms with van der Waals surface area (Å²) in [5.74, 6) is 6.00. The molecular weight excluding hydrogens is 457 g/mol. The number of rotatable bonds is 8. The quantitative estimate of drug-likeness (QED) is 0.191. The van der Waals surface area contributed by atoms with E-state index in [1.54, 1.807) is 18.2 Å². The van der Waals surface area contributed by atoms with Gasteiger partial charge < -0.3 is 11.2 Å². The molecule has 0 fully saturated rings. The Kier molecular flexibility index (Phi) is 7.94. The Bertz CT molecular complexity index is 1120. The predicted molar refractivity (Wildman–Crippen MR) is 128 cm³/mol. The fourth-order valence-electron chi connectivity index (χ4n) is 2.32. The van der Waals surface area contributed by atoms with Crippen LogP contribution in [0.15, 0.2) is 64.9 Å². The van der Waals surface area contributed by atoms with Crippen molar-refractivity contribution in [1.82, 2.24) is 14.9 Å². The number of nitrogens with two attached hydrogens (primary N) is 1. The highest BCUT2D eigenvalue weighted by Gasteiger charge is 2.13. The number of nitrogens with one attached hydrogen (secondary N) is 2. The van der Waals surface area contributed by atoms with E-state index in [1.807, 2.05) is 49.4 Å². The van der Waals surface area contributed by atoms with E-state index in [1.165, 1.54) is 4.68 Å². The second kappa shape index (κ2) is 10.9. The van der Waals surface area contributed by atoms with Crippen molar-refractivity contribution in [2.24, 2.45) is 5.10 Å². The van der Waals surface area contributed by atoms with Crippen molar-refractivity contribution in [2.45, 2.75) is 12.1 Å². The lowest BCUT2D eigenvalue weighted by Gasteiger charge is -2.07. The van der Waals surface area contributed by atoms with Crippen molar-refractivity contribution in [3.8, 4) is 0 Å². The van der Waals surface area contributed by atoms with Gasteiger partial charge in [0.1, 0.15) is 0 Å². The minimum absolute atomic E-state index is 0.0558. The summed E-state index contributed by atoms with van der Waals surface area (Å²) < 4.78 is 1.22. The summed E-state index contributed by atoms with van der Waals surface area (Å²) in [6.45, 7) is 1.84. The number of aromatic nitrogens is 3. The first kappa shape index (κ1) is 22.7. The van der Waals surface area contributed by atoms with Gasteiger partial charge in [0, 0.05) is 5.02 Å². The van der Waals surface area contributed by atoms with Crippen molar-refractivity contribution >= 4 is 64.3 Å². The maximum absolute atomic E-state index is 12.2. The van der Waals surface area contributed by atoms with Crippen molar-refractivity contribution in [1.29, 1.82) is 0 Å². The number of allylic oxidation sites excluding steroid dienone is 1. The average Bonchev–Trinajstić information content (AvgIpc) is 3.12. The molecule has 0 saturated heterocycles. The first-order chi connectivity index (χ1) is 14.9. The summed E-state index contributed by atoms with van der Waals surface area (Å²) in [7, 11) is 0. The normalized spacial score (nSPS) is 11.6. The lowest BCUT2D eigenvalue weighted by molar-refractivity contribution is -0.113. The molecular formula is C20H19Cl2N7OS. The van der Waals surface area contributed by atoms with Crippen molar-refractivity contribution in [3.05, 3.63) is 70.2 Å². The van der Waals surface area contributed by atoms with Crippen LogP contribution in [-0.4, -0.2) is 32.2 Å². The van der Waals surface area contributed by atoms with Gasteiger partial charge in [0.05, 0.1) is 22.2 Å². The maximum atomic E-state index is 12.2. The fraction of sp³-hybridized carbons (Fsp3) is 0.100. The molecule has 0 saturated carbocycles. The fourth-order valence-corrected chi connectivity index (χ4v) is 3.31. The largest absolute Gasteiger partial charge is 0.334 e. The monoisotopic (exact) mass is 475 g/mol. The summed E-state index contributed by atoms with van der Waals surface area (Å²) in [4.78, 5) is 12.2. The van der Waals surface area contributed by atoms with Crippen LogP contribution in [0, 0.1) is 0 Å². The van der Waals surface area contributed by atoms with E-state index in [2.05, 4.69) is 26.0 Å². The third-order valence-electron chi connectivity index (χ3n) is 3.85. The summed E-state index contributed by atoms with van der Waals surface area (Å²) in [5.41, 5.74) is 4.99. The second-order valence-corrected chi connectivity index (χ2v) is 8.03. The number of hydrazone groups is 1. The molecule has 2 aromatic carbocycles. The lowest BCUT2D eigenvalue weighted by Crippen LogP contribution is -2.17. The number of halogens is 2. The van der Waals surface area contributed by atoms with E-state index in [-0.39, 0.29) is 17.6 Å². The molecule has 0 spiro atoms. The Hall–Kier alpha value is -3.01. The van der Waals surface area contributed by atoms with E-state index in [0.29, 0.717) is 20.9 Å². The summed E-state index contributed by atoms with van der Waals surface area (Å²) in [6, 6.07) is 14.7. The average molecular weight is 476 g/mol. The molecule has 0 aliphatic rings. The summed E-state index contributed by atoms with van der Waals surface area (Å²) in [5, 5.41) is 16.0. The van der Waals surface area contributed by atoms with Gasteiger partial charge in [-0.1, -0.05) is 71.4 Å². The van der Waals surface area contributed by atoms with Crippen LogP contribution in [0.1, 0.15) is 12.5 Å². The van der Waals surface area contributed by atoms with E-state index in [0.717, 1.165) is 23.0 Å². The van der Waals surface area contributed by atoms with Gasteiger partial charge >= 0.3 is 0 Å². The van der Waals surface area contributed by atoms with Crippen LogP contribution >= 0.6 is 35.0 Å². The molecule has 0 bridgehead atoms. The van der Waals surface area contributed by atoms with Crippen LogP contribution in [0.3, 0.4) is 0 Å². The zero-order valence-electron chi connectivity index (χ0n) is 16.4. The van der Waals surface area contributed by atoms with Crippen molar-refractivity contribution in [2.75, 3.05) is 22.3 Å². The number of hydrogen-bond donors (Lipinski definition) is 3. The SMILES string of the molecule is CC(/C=C/c1ccccc1)=N\Nc1nnc(SCC(=O)Nc2cc(Cl)ccc2Cl)n1N. The molecule has 0 aliphatic carbocycles. The molecule has 31 heavy (non-hydrogen) atoms. The number of anilines is 2. The Morgan fingerprint density at radius 1 is 1.23 bits per heavy atom. The number of carbonyl (C=O) groups is 1. The molecule has 1 amide bonds. The molecule has 0 radical (unpaired) electrons. The minimum Gasteiger partial charge on any atom is -0.334 e. The number of thioether (sulfide) groups is 1. The molecule has 8 nitrogen and oxygen atoms in total. The van der Waals surface area contributed by atoms with Crippen molar-refractivity contribution in [3.63, 3.8) is 0 Å². The van der Waals surface area contributed by atoms with E-state index in [4.69, 9.17) is 29.0 Å². The zero-order chi connectivity index (χ0) is 22.2. The third-order valence-corrected chi connectivity index (χ3v) is 5.36. The Balaban J connectivity index is 1.54. The number of nitrogens with zero attached hydrogens (tertiary/aromatic N) is 4. The molecule has 4 N–H and O–H groups in total. The molecule has 0 aliphatic heterocycles. The van der Waals surface area contributed by atoms with E-state index >= 15 is 0 Å². The lowest BCUT2D eigenvalue weighted by atomic mass is 10.2. The van der Waals surface area contributed by atoms with Gasteiger partial charge in [-0.3, -0.25) is 4.79 Å². The first-order valence-corrected chi connectivity index (χ1v) is 10.8. The Morgan fingerprint density at radius 2 is 2.00 bits per heavy atom. The molecule has 160 valence electrons. The van der Waals surface area contributed by atoms with Gasteiger partial charge in [-0.2, -0.15) is 5.10 Å². The van der Waals surface area contributed by atoms with Gasteiger partial charge in [-0.25, -0.2) is 10.1 Å². The van der Waals surface area contributed by atoms with Crippen LogP contribution in [0.25, 0.3) is 6.08 Å². The Labute approximate surface area is 193 Å². The predicted octanol–water partition coefficient (Wildman–Crippen LogP) is 4.53. The van der Waals surface area contributed by atoms with Crippen LogP contribution in [0.5, 0.6) is 0 Å². The van der Waals surface area contributed by atoms with E-state index < -0.39 is 0 Å². The van der Waals surface area contributed by atoms with Crippen molar-refractivity contribution < 1.29 is 4.79 Å². The van der Waals surface area contributed by atoms with Gasteiger partial charge in [-0.05, 0) is 36.8 Å². The zero-order valence-corrected chi connectivity index (χ0v) is 18.7. The highest BCUT2D eigenvalue weighted by atomic mass is 35.5. The molecule has 3 aromatic rings. The Morgan fingerprint density at radius 3 is 2.77 bits per heavy atom. The number of hydrogen-bond acceptors (Lipinski definition) is 7. The molecule has 3 rings (SSSR count). The standard InChI is InChI=1S/C20H19Cl2N7OS/c1-13(7-8-14-5-3-2-4-6-14)25-26-19-27-28-20(29(19)23)31-12-18(30)24-17-11-15(21)9-10-16(17)22/h2-11H,12,23H2,1H3,(H,24,30)(H,26,27)/b8-7+,25-13+. The summed E-state index contributed by atoms with van der Waals surface area (Å²) in [6.07, 6.45) is 3.81. The number of amides is 1. The second-order valence-electron chi connectivity index (χ2n) is 6.25. The molecule has 0 atom stereocenters. The van der Waals surface area contributed by atoms with Crippen LogP contribution < -0.4 is 16.6 Å².